The Labute approximate surface area is 157 Å². The smallest absolute Gasteiger partial charge is 1.00 e. The zero-order chi connectivity index (χ0) is 15.1. The fourth-order valence-electron chi connectivity index (χ4n) is 2.18. The molecule has 3 nitrogen and oxygen atoms in total. The van der Waals surface area contributed by atoms with Crippen molar-refractivity contribution in [3.63, 3.8) is 0 Å². The average Bonchev–Trinajstić information content (AvgIpc) is 2.48. The van der Waals surface area contributed by atoms with Crippen molar-refractivity contribution in [1.82, 2.24) is 0 Å². The van der Waals surface area contributed by atoms with E-state index < -0.39 is 18.0 Å². The SMILES string of the molecule is O=S(=O)(O)CCCCP(c1ccccc1)c1ccccc1.[H-].[Na+]. The van der Waals surface area contributed by atoms with Crippen molar-refractivity contribution in [3.8, 4) is 0 Å². The Morgan fingerprint density at radius 1 is 0.864 bits per heavy atom. The molecule has 1 N–H and O–H groups in total. The molecule has 0 aliphatic rings. The van der Waals surface area contributed by atoms with Gasteiger partial charge in [-0.25, -0.2) is 0 Å². The summed E-state index contributed by atoms with van der Waals surface area (Å²) in [6.07, 6.45) is 2.21. The molecule has 0 atom stereocenters. The Kier molecular flexibility index (Phi) is 8.85. The van der Waals surface area contributed by atoms with E-state index in [1.807, 2.05) is 36.4 Å². The summed E-state index contributed by atoms with van der Waals surface area (Å²) in [4.78, 5) is 0. The number of hydrogen-bond donors (Lipinski definition) is 1. The average molecular weight is 346 g/mol. The topological polar surface area (TPSA) is 54.4 Å². The van der Waals surface area contributed by atoms with Gasteiger partial charge in [0.1, 0.15) is 0 Å². The molecule has 0 heterocycles. The van der Waals surface area contributed by atoms with E-state index in [1.54, 1.807) is 0 Å². The minimum atomic E-state index is -3.84. The van der Waals surface area contributed by atoms with Crippen LogP contribution in [0.5, 0.6) is 0 Å². The Balaban J connectivity index is 0.00000242. The number of benzene rings is 2. The molecular weight excluding hydrogens is 326 g/mol. The molecule has 0 spiro atoms. The second-order valence-corrected chi connectivity index (χ2v) is 8.72. The van der Waals surface area contributed by atoms with Gasteiger partial charge in [-0.3, -0.25) is 4.55 Å². The molecule has 6 heteroatoms. The third-order valence-electron chi connectivity index (χ3n) is 3.17. The maximum absolute atomic E-state index is 10.8. The van der Waals surface area contributed by atoms with Gasteiger partial charge in [0.2, 0.25) is 0 Å². The predicted octanol–water partition coefficient (Wildman–Crippen LogP) is -0.0962. The Bertz CT molecular complexity index is 614. The van der Waals surface area contributed by atoms with Gasteiger partial charge >= 0.3 is 29.6 Å². The van der Waals surface area contributed by atoms with Gasteiger partial charge in [-0.2, -0.15) is 8.42 Å². The summed E-state index contributed by atoms with van der Waals surface area (Å²) < 4.78 is 30.3. The quantitative estimate of drug-likeness (QED) is 0.330. The second-order valence-electron chi connectivity index (χ2n) is 4.82. The first-order chi connectivity index (χ1) is 10.1. The number of hydrogen-bond acceptors (Lipinski definition) is 2. The first-order valence-electron chi connectivity index (χ1n) is 6.89. The minimum absolute atomic E-state index is 0. The molecule has 0 bridgehead atoms. The largest absolute Gasteiger partial charge is 1.00 e. The number of unbranched alkanes of at least 4 members (excludes halogenated alkanes) is 1. The molecule has 0 amide bonds. The van der Waals surface area contributed by atoms with E-state index in [0.717, 1.165) is 12.6 Å². The van der Waals surface area contributed by atoms with Crippen LogP contribution in [-0.2, 0) is 10.1 Å². The van der Waals surface area contributed by atoms with Crippen molar-refractivity contribution in [2.24, 2.45) is 0 Å². The molecule has 0 saturated carbocycles. The van der Waals surface area contributed by atoms with Crippen molar-refractivity contribution in [2.75, 3.05) is 11.9 Å². The predicted molar refractivity (Wildman–Crippen MR) is 90.7 cm³/mol. The fourth-order valence-corrected chi connectivity index (χ4v) is 5.16. The van der Waals surface area contributed by atoms with Crippen LogP contribution in [0.15, 0.2) is 60.7 Å². The molecule has 2 rings (SSSR count). The fraction of sp³-hybridized carbons (Fsp3) is 0.250. The van der Waals surface area contributed by atoms with Gasteiger partial charge in [0, 0.05) is 0 Å². The van der Waals surface area contributed by atoms with Crippen LogP contribution >= 0.6 is 7.92 Å². The monoisotopic (exact) mass is 346 g/mol. The second kappa shape index (κ2) is 9.82. The molecule has 2 aromatic carbocycles. The summed E-state index contributed by atoms with van der Waals surface area (Å²) >= 11 is 0. The van der Waals surface area contributed by atoms with Gasteiger partial charge in [0.05, 0.1) is 5.75 Å². The van der Waals surface area contributed by atoms with Gasteiger partial charge in [-0.1, -0.05) is 60.7 Å². The van der Waals surface area contributed by atoms with Crippen LogP contribution in [0.2, 0.25) is 0 Å². The van der Waals surface area contributed by atoms with Crippen LogP contribution in [0.3, 0.4) is 0 Å². The molecule has 22 heavy (non-hydrogen) atoms. The van der Waals surface area contributed by atoms with Crippen molar-refractivity contribution >= 4 is 28.6 Å². The Hall–Kier alpha value is -0.220. The van der Waals surface area contributed by atoms with E-state index >= 15 is 0 Å². The summed E-state index contributed by atoms with van der Waals surface area (Å²) in [7, 11) is -4.32. The standard InChI is InChI=1S/C16H19O3PS.Na.H/c17-21(18,19)14-8-7-13-20(15-9-3-1-4-10-15)16-11-5-2-6-12-16;;/h1-6,9-12H,7-8,13-14H2,(H,17,18,19);;/q;+1;-1. The molecule has 2 aromatic rings. The van der Waals surface area contributed by atoms with E-state index in [9.17, 15) is 8.42 Å². The summed E-state index contributed by atoms with van der Waals surface area (Å²) in [5.41, 5.74) is 0. The molecule has 0 aliphatic heterocycles. The zero-order valence-corrected chi connectivity index (χ0v) is 16.4. The molecule has 0 fully saturated rings. The third kappa shape index (κ3) is 6.91. The van der Waals surface area contributed by atoms with Crippen LogP contribution in [0, 0.1) is 0 Å². The maximum atomic E-state index is 10.8. The first kappa shape index (κ1) is 19.8. The van der Waals surface area contributed by atoms with Crippen LogP contribution in [0.25, 0.3) is 0 Å². The molecule has 0 saturated heterocycles. The van der Waals surface area contributed by atoms with Gasteiger partial charge < -0.3 is 1.43 Å². The maximum Gasteiger partial charge on any atom is 1.00 e. The number of rotatable bonds is 7. The first-order valence-corrected chi connectivity index (χ1v) is 10.0. The van der Waals surface area contributed by atoms with E-state index in [2.05, 4.69) is 24.3 Å². The summed E-state index contributed by atoms with van der Waals surface area (Å²) in [6.45, 7) is 0. The molecule has 0 aliphatic carbocycles. The van der Waals surface area contributed by atoms with Crippen LogP contribution < -0.4 is 40.2 Å². The summed E-state index contributed by atoms with van der Waals surface area (Å²) in [6, 6.07) is 20.6. The molecule has 0 unspecified atom stereocenters. The molecule has 0 aromatic heterocycles. The van der Waals surface area contributed by atoms with Crippen molar-refractivity contribution in [2.45, 2.75) is 12.8 Å². The molecular formula is C16H20NaO3PS. The minimum Gasteiger partial charge on any atom is -1.00 e. The van der Waals surface area contributed by atoms with Gasteiger partial charge in [0.15, 0.2) is 0 Å². The molecule has 114 valence electrons. The van der Waals surface area contributed by atoms with Crippen LogP contribution in [0.1, 0.15) is 14.3 Å². The van der Waals surface area contributed by atoms with Crippen molar-refractivity contribution in [3.05, 3.63) is 60.7 Å². The Morgan fingerprint density at radius 3 is 1.73 bits per heavy atom. The zero-order valence-electron chi connectivity index (χ0n) is 13.7. The summed E-state index contributed by atoms with van der Waals surface area (Å²) in [5.74, 6) is -0.153. The van der Waals surface area contributed by atoms with Gasteiger partial charge in [0.25, 0.3) is 10.1 Å². The Morgan fingerprint density at radius 2 is 1.32 bits per heavy atom. The third-order valence-corrected chi connectivity index (χ3v) is 6.58. The van der Waals surface area contributed by atoms with E-state index in [-0.39, 0.29) is 36.7 Å². The molecule has 0 radical (unpaired) electrons. The van der Waals surface area contributed by atoms with Gasteiger partial charge in [-0.15, -0.1) is 0 Å². The van der Waals surface area contributed by atoms with Crippen molar-refractivity contribution in [1.29, 1.82) is 0 Å². The van der Waals surface area contributed by atoms with E-state index in [0.29, 0.717) is 6.42 Å². The van der Waals surface area contributed by atoms with E-state index in [1.165, 1.54) is 10.6 Å². The van der Waals surface area contributed by atoms with Crippen molar-refractivity contribution < 1.29 is 44.0 Å². The van der Waals surface area contributed by atoms with E-state index in [4.69, 9.17) is 4.55 Å². The summed E-state index contributed by atoms with van der Waals surface area (Å²) in [5, 5.41) is 2.59. The van der Waals surface area contributed by atoms with Crippen LogP contribution in [0.4, 0.5) is 0 Å². The normalized spacial score (nSPS) is 11.2. The van der Waals surface area contributed by atoms with Crippen LogP contribution in [-0.4, -0.2) is 24.9 Å². The van der Waals surface area contributed by atoms with Gasteiger partial charge in [-0.05, 0) is 37.5 Å².